The number of nitrogens with zero attached hydrogens (tertiary/aromatic N) is 3. The number of carbonyl (C=O) groups is 2. The second kappa shape index (κ2) is 15.2. The summed E-state index contributed by atoms with van der Waals surface area (Å²) >= 11 is 2.37. The number of ketones is 1. The summed E-state index contributed by atoms with van der Waals surface area (Å²) in [6.45, 7) is 4.96. The second-order valence-corrected chi connectivity index (χ2v) is 12.5. The predicted octanol–water partition coefficient (Wildman–Crippen LogP) is 7.57. The number of hydrogen-bond acceptors (Lipinski definition) is 10. The van der Waals surface area contributed by atoms with Crippen LogP contribution in [0.15, 0.2) is 76.6 Å². The van der Waals surface area contributed by atoms with Crippen molar-refractivity contribution >= 4 is 45.7 Å². The third kappa shape index (κ3) is 7.18. The van der Waals surface area contributed by atoms with E-state index in [9.17, 15) is 19.1 Å². The standard InChI is InChI=1S/C34H34FN3O6S2/c1-4-6-9-18-44-26-17-14-22(19-27(26)42-3)29-28(30(39)21-12-15-24(16-13-21)43-5-2)31(40)32(41)38(29)33-36-37-34(46-33)45-20-23-10-7-8-11-25(23)35/h7-8,10-17,19,29,39H,4-6,9,18,20H2,1-3H3/b30-28-. The Morgan fingerprint density at radius 2 is 1.78 bits per heavy atom. The average Bonchev–Trinajstić information content (AvgIpc) is 3.64. The molecule has 0 aliphatic carbocycles. The monoisotopic (exact) mass is 663 g/mol. The molecule has 1 unspecified atom stereocenters. The zero-order valence-corrected chi connectivity index (χ0v) is 27.3. The van der Waals surface area contributed by atoms with Gasteiger partial charge in [-0.05, 0) is 66.9 Å². The number of methoxy groups -OCH3 is 1. The molecule has 240 valence electrons. The number of carbonyl (C=O) groups excluding carboxylic acids is 2. The summed E-state index contributed by atoms with van der Waals surface area (Å²) in [6.07, 6.45) is 2.97. The topological polar surface area (TPSA) is 111 Å². The highest BCUT2D eigenvalue weighted by molar-refractivity contribution is 8.00. The van der Waals surface area contributed by atoms with Crippen LogP contribution in [0, 0.1) is 5.82 Å². The largest absolute Gasteiger partial charge is 0.507 e. The maximum Gasteiger partial charge on any atom is 0.301 e. The molecule has 5 rings (SSSR count). The summed E-state index contributed by atoms with van der Waals surface area (Å²) in [6, 6.07) is 17.2. The average molecular weight is 664 g/mol. The molecule has 1 amide bonds. The van der Waals surface area contributed by atoms with Crippen molar-refractivity contribution in [2.45, 2.75) is 49.2 Å². The van der Waals surface area contributed by atoms with Crippen molar-refractivity contribution in [3.63, 3.8) is 0 Å². The molecule has 0 bridgehead atoms. The molecule has 9 nitrogen and oxygen atoms in total. The Balaban J connectivity index is 1.54. The number of halogens is 1. The second-order valence-electron chi connectivity index (χ2n) is 10.3. The lowest BCUT2D eigenvalue weighted by atomic mass is 9.95. The van der Waals surface area contributed by atoms with Crippen LogP contribution in [0.5, 0.6) is 17.2 Å². The normalized spacial score (nSPS) is 15.7. The van der Waals surface area contributed by atoms with E-state index >= 15 is 0 Å². The number of aromatic nitrogens is 2. The number of Topliss-reactive ketones (excluding diaryl/α,β-unsaturated/α-hetero) is 1. The Bertz CT molecular complexity index is 1730. The molecule has 2 heterocycles. The van der Waals surface area contributed by atoms with E-state index in [1.54, 1.807) is 60.7 Å². The van der Waals surface area contributed by atoms with Gasteiger partial charge in [0.05, 0.1) is 31.9 Å². The fourth-order valence-electron chi connectivity index (χ4n) is 5.00. The highest BCUT2D eigenvalue weighted by Crippen LogP contribution is 2.45. The van der Waals surface area contributed by atoms with Crippen molar-refractivity contribution in [1.29, 1.82) is 0 Å². The molecule has 1 aliphatic rings. The number of hydrogen-bond donors (Lipinski definition) is 1. The van der Waals surface area contributed by atoms with E-state index in [2.05, 4.69) is 17.1 Å². The fourth-order valence-corrected chi connectivity index (χ4v) is 6.85. The van der Waals surface area contributed by atoms with Gasteiger partial charge in [0, 0.05) is 11.3 Å². The van der Waals surface area contributed by atoms with E-state index in [0.29, 0.717) is 57.2 Å². The van der Waals surface area contributed by atoms with Crippen molar-refractivity contribution in [3.8, 4) is 17.2 Å². The lowest BCUT2D eigenvalue weighted by Crippen LogP contribution is -2.29. The maximum atomic E-state index is 14.2. The predicted molar refractivity (Wildman–Crippen MR) is 176 cm³/mol. The van der Waals surface area contributed by atoms with E-state index in [-0.39, 0.29) is 22.3 Å². The highest BCUT2D eigenvalue weighted by Gasteiger charge is 2.48. The zero-order valence-electron chi connectivity index (χ0n) is 25.7. The van der Waals surface area contributed by atoms with Gasteiger partial charge in [0.1, 0.15) is 17.3 Å². The number of unbranched alkanes of at least 4 members (excludes halogenated alkanes) is 2. The Hall–Kier alpha value is -4.42. The molecule has 1 N–H and O–H groups in total. The number of thioether (sulfide) groups is 1. The van der Waals surface area contributed by atoms with Gasteiger partial charge in [0.15, 0.2) is 15.8 Å². The van der Waals surface area contributed by atoms with Crippen LogP contribution in [-0.4, -0.2) is 47.3 Å². The molecule has 4 aromatic rings. The van der Waals surface area contributed by atoms with E-state index in [0.717, 1.165) is 30.6 Å². The van der Waals surface area contributed by atoms with Crippen molar-refractivity contribution in [3.05, 3.63) is 94.8 Å². The molecule has 12 heteroatoms. The SMILES string of the molecule is CCCCCOc1ccc(C2/C(=C(/O)c3ccc(OCC)cc3)C(=O)C(=O)N2c2nnc(SCc3ccccc3F)s2)cc1OC. The number of aliphatic hydroxyl groups excluding tert-OH is 1. The molecule has 0 radical (unpaired) electrons. The minimum absolute atomic E-state index is 0.108. The van der Waals surface area contributed by atoms with E-state index in [1.807, 2.05) is 6.92 Å². The van der Waals surface area contributed by atoms with Gasteiger partial charge in [0.25, 0.3) is 5.78 Å². The summed E-state index contributed by atoms with van der Waals surface area (Å²) in [7, 11) is 1.51. The first-order valence-corrected chi connectivity index (χ1v) is 16.7. The van der Waals surface area contributed by atoms with Crippen molar-refractivity contribution in [2.24, 2.45) is 0 Å². The Morgan fingerprint density at radius 1 is 1.00 bits per heavy atom. The first-order valence-electron chi connectivity index (χ1n) is 14.9. The smallest absolute Gasteiger partial charge is 0.301 e. The lowest BCUT2D eigenvalue weighted by molar-refractivity contribution is -0.132. The summed E-state index contributed by atoms with van der Waals surface area (Å²) in [5, 5.41) is 20.1. The summed E-state index contributed by atoms with van der Waals surface area (Å²) in [5.41, 5.74) is 1.24. The summed E-state index contributed by atoms with van der Waals surface area (Å²) < 4.78 is 31.8. The molecular formula is C34H34FN3O6S2. The van der Waals surface area contributed by atoms with Gasteiger partial charge in [-0.3, -0.25) is 14.5 Å². The molecule has 0 spiro atoms. The molecule has 46 heavy (non-hydrogen) atoms. The van der Waals surface area contributed by atoms with Crippen molar-refractivity contribution in [1.82, 2.24) is 10.2 Å². The first-order chi connectivity index (χ1) is 22.4. The Kier molecular flexibility index (Phi) is 10.9. The Morgan fingerprint density at radius 3 is 2.50 bits per heavy atom. The minimum Gasteiger partial charge on any atom is -0.507 e. The quantitative estimate of drug-likeness (QED) is 0.0365. The van der Waals surface area contributed by atoms with Crippen LogP contribution in [0.3, 0.4) is 0 Å². The van der Waals surface area contributed by atoms with Crippen LogP contribution in [0.4, 0.5) is 9.52 Å². The van der Waals surface area contributed by atoms with Gasteiger partial charge in [-0.2, -0.15) is 0 Å². The molecule has 1 fully saturated rings. The van der Waals surface area contributed by atoms with Gasteiger partial charge in [-0.15, -0.1) is 10.2 Å². The van der Waals surface area contributed by atoms with Crippen LogP contribution in [-0.2, 0) is 15.3 Å². The minimum atomic E-state index is -1.05. The van der Waals surface area contributed by atoms with Crippen LogP contribution in [0.2, 0.25) is 0 Å². The number of benzene rings is 3. The fraction of sp³-hybridized carbons (Fsp3) is 0.294. The number of rotatable bonds is 14. The van der Waals surface area contributed by atoms with Gasteiger partial charge in [-0.1, -0.05) is 67.1 Å². The molecule has 1 aliphatic heterocycles. The molecule has 1 aromatic heterocycles. The van der Waals surface area contributed by atoms with Crippen LogP contribution in [0.25, 0.3) is 5.76 Å². The molecule has 3 aromatic carbocycles. The van der Waals surface area contributed by atoms with Gasteiger partial charge >= 0.3 is 5.91 Å². The van der Waals surface area contributed by atoms with Crippen LogP contribution in [0.1, 0.15) is 55.8 Å². The van der Waals surface area contributed by atoms with Gasteiger partial charge in [0.2, 0.25) is 5.13 Å². The van der Waals surface area contributed by atoms with E-state index < -0.39 is 17.7 Å². The number of ether oxygens (including phenoxy) is 3. The van der Waals surface area contributed by atoms with Gasteiger partial charge in [-0.25, -0.2) is 4.39 Å². The molecule has 0 saturated carbocycles. The zero-order chi connectivity index (χ0) is 32.6. The third-order valence-corrected chi connectivity index (χ3v) is 9.41. The van der Waals surface area contributed by atoms with Crippen LogP contribution >= 0.6 is 23.1 Å². The lowest BCUT2D eigenvalue weighted by Gasteiger charge is -2.23. The molecule has 1 atom stereocenters. The first kappa shape index (κ1) is 33.0. The number of amides is 1. The number of aliphatic hydroxyl groups is 1. The molecular weight excluding hydrogens is 630 g/mol. The third-order valence-electron chi connectivity index (χ3n) is 7.30. The van der Waals surface area contributed by atoms with Gasteiger partial charge < -0.3 is 19.3 Å². The summed E-state index contributed by atoms with van der Waals surface area (Å²) in [4.78, 5) is 28.6. The maximum absolute atomic E-state index is 14.2. The van der Waals surface area contributed by atoms with E-state index in [1.165, 1.54) is 29.8 Å². The van der Waals surface area contributed by atoms with Crippen molar-refractivity contribution in [2.75, 3.05) is 25.2 Å². The number of anilines is 1. The molecule has 1 saturated heterocycles. The Labute approximate surface area is 275 Å². The van der Waals surface area contributed by atoms with E-state index in [4.69, 9.17) is 14.2 Å². The highest BCUT2D eigenvalue weighted by atomic mass is 32.2. The van der Waals surface area contributed by atoms with Crippen LogP contribution < -0.4 is 19.1 Å². The summed E-state index contributed by atoms with van der Waals surface area (Å²) in [5.74, 6) is -0.558. The van der Waals surface area contributed by atoms with Crippen molar-refractivity contribution < 1.29 is 33.3 Å².